The van der Waals surface area contributed by atoms with Crippen LogP contribution in [0.2, 0.25) is 0 Å². The molecule has 0 heterocycles. The van der Waals surface area contributed by atoms with Gasteiger partial charge >= 0.3 is 5.97 Å². The number of aldehydes is 1. The van der Waals surface area contributed by atoms with Gasteiger partial charge in [0, 0.05) is 18.8 Å². The molecule has 0 fully saturated rings. The van der Waals surface area contributed by atoms with Gasteiger partial charge in [-0.3, -0.25) is 4.79 Å². The summed E-state index contributed by atoms with van der Waals surface area (Å²) >= 11 is 0. The van der Waals surface area contributed by atoms with E-state index in [-0.39, 0.29) is 11.9 Å². The molecule has 0 aliphatic rings. The van der Waals surface area contributed by atoms with Crippen LogP contribution in [-0.4, -0.2) is 18.9 Å². The molecule has 1 aromatic rings. The first-order valence-corrected chi connectivity index (χ1v) is 5.85. The van der Waals surface area contributed by atoms with E-state index in [1.807, 2.05) is 31.2 Å². The summed E-state index contributed by atoms with van der Waals surface area (Å²) in [6.45, 7) is 4.19. The Morgan fingerprint density at radius 2 is 2.00 bits per heavy atom. The third-order valence-corrected chi connectivity index (χ3v) is 2.65. The van der Waals surface area contributed by atoms with Gasteiger partial charge in [0.15, 0.2) is 0 Å². The fourth-order valence-electron chi connectivity index (χ4n) is 1.49. The van der Waals surface area contributed by atoms with Gasteiger partial charge in [-0.05, 0) is 11.1 Å². The molecule has 0 amide bonds. The van der Waals surface area contributed by atoms with Gasteiger partial charge in [0.2, 0.25) is 0 Å². The number of hydrogen-bond acceptors (Lipinski definition) is 3. The lowest BCUT2D eigenvalue weighted by Crippen LogP contribution is -2.09. The number of carbonyl (C=O) groups excluding carboxylic acids is 2. The van der Waals surface area contributed by atoms with Gasteiger partial charge in [-0.15, -0.1) is 0 Å². The van der Waals surface area contributed by atoms with Crippen molar-refractivity contribution in [2.24, 2.45) is 0 Å². The monoisotopic (exact) mass is 234 g/mol. The second kappa shape index (κ2) is 6.84. The molecule has 3 nitrogen and oxygen atoms in total. The van der Waals surface area contributed by atoms with Gasteiger partial charge in [-0.2, -0.15) is 0 Å². The minimum Gasteiger partial charge on any atom is -0.465 e. The Hall–Kier alpha value is -1.64. The fraction of sp³-hybridized carbons (Fsp3) is 0.429. The normalized spacial score (nSPS) is 11.9. The summed E-state index contributed by atoms with van der Waals surface area (Å²) in [5.41, 5.74) is 2.12. The zero-order chi connectivity index (χ0) is 12.7. The van der Waals surface area contributed by atoms with E-state index < -0.39 is 0 Å². The average Bonchev–Trinajstić information content (AvgIpc) is 2.36. The van der Waals surface area contributed by atoms with Crippen LogP contribution in [-0.2, 0) is 20.7 Å². The second-order valence-corrected chi connectivity index (χ2v) is 4.05. The maximum absolute atomic E-state index is 11.0. The van der Waals surface area contributed by atoms with Crippen molar-refractivity contribution >= 4 is 12.3 Å². The van der Waals surface area contributed by atoms with Crippen molar-refractivity contribution in [3.8, 4) is 0 Å². The molecule has 3 heteroatoms. The van der Waals surface area contributed by atoms with E-state index in [4.69, 9.17) is 4.74 Å². The van der Waals surface area contributed by atoms with E-state index in [0.29, 0.717) is 19.4 Å². The van der Waals surface area contributed by atoms with E-state index in [0.717, 1.165) is 17.4 Å². The third-order valence-electron chi connectivity index (χ3n) is 2.65. The summed E-state index contributed by atoms with van der Waals surface area (Å²) in [6, 6.07) is 7.82. The maximum atomic E-state index is 11.0. The van der Waals surface area contributed by atoms with Crippen molar-refractivity contribution in [1.29, 1.82) is 0 Å². The molecule has 17 heavy (non-hydrogen) atoms. The number of ether oxygens (including phenoxy) is 1. The Balaban J connectivity index is 2.53. The topological polar surface area (TPSA) is 43.4 Å². The van der Waals surface area contributed by atoms with Crippen LogP contribution in [0.1, 0.15) is 37.3 Å². The number of carbonyl (C=O) groups is 2. The fourth-order valence-corrected chi connectivity index (χ4v) is 1.49. The lowest BCUT2D eigenvalue weighted by atomic mass is 10.00. The van der Waals surface area contributed by atoms with Gasteiger partial charge in [0.1, 0.15) is 6.29 Å². The molecule has 0 aromatic heterocycles. The average molecular weight is 234 g/mol. The minimum absolute atomic E-state index is 0.172. The first-order chi connectivity index (χ1) is 8.17. The molecule has 0 spiro atoms. The van der Waals surface area contributed by atoms with E-state index >= 15 is 0 Å². The molecule has 0 radical (unpaired) electrons. The molecule has 0 saturated heterocycles. The molecule has 0 aliphatic carbocycles. The highest BCUT2D eigenvalue weighted by Gasteiger charge is 2.08. The summed E-state index contributed by atoms with van der Waals surface area (Å²) in [5, 5.41) is 0. The predicted octanol–water partition coefficient (Wildman–Crippen LogP) is 2.48. The van der Waals surface area contributed by atoms with Crippen molar-refractivity contribution in [3.63, 3.8) is 0 Å². The molecule has 92 valence electrons. The molecular weight excluding hydrogens is 216 g/mol. The van der Waals surface area contributed by atoms with Crippen LogP contribution in [0.4, 0.5) is 0 Å². The van der Waals surface area contributed by atoms with Crippen LogP contribution in [0, 0.1) is 0 Å². The van der Waals surface area contributed by atoms with Gasteiger partial charge in [-0.1, -0.05) is 38.1 Å². The lowest BCUT2D eigenvalue weighted by molar-refractivity contribution is -0.143. The summed E-state index contributed by atoms with van der Waals surface area (Å²) in [7, 11) is 0. The Labute approximate surface area is 102 Å². The van der Waals surface area contributed by atoms with Crippen molar-refractivity contribution < 1.29 is 14.3 Å². The summed E-state index contributed by atoms with van der Waals surface area (Å²) in [6.07, 6.45) is 1.74. The van der Waals surface area contributed by atoms with Crippen molar-refractivity contribution in [1.82, 2.24) is 0 Å². The van der Waals surface area contributed by atoms with Gasteiger partial charge in [-0.25, -0.2) is 0 Å². The quantitative estimate of drug-likeness (QED) is 0.561. The van der Waals surface area contributed by atoms with Gasteiger partial charge < -0.3 is 9.53 Å². The van der Waals surface area contributed by atoms with Crippen LogP contribution in [0.5, 0.6) is 0 Å². The molecule has 0 saturated carbocycles. The minimum atomic E-state index is -0.172. The number of hydrogen-bond donors (Lipinski definition) is 0. The Kier molecular flexibility index (Phi) is 5.40. The van der Waals surface area contributed by atoms with Crippen LogP contribution in [0.25, 0.3) is 0 Å². The highest BCUT2D eigenvalue weighted by atomic mass is 16.5. The van der Waals surface area contributed by atoms with E-state index in [1.54, 1.807) is 6.92 Å². The molecule has 0 bridgehead atoms. The van der Waals surface area contributed by atoms with Crippen LogP contribution in [0.15, 0.2) is 24.3 Å². The molecule has 1 atom stereocenters. The van der Waals surface area contributed by atoms with Crippen molar-refractivity contribution in [3.05, 3.63) is 35.4 Å². The summed E-state index contributed by atoms with van der Waals surface area (Å²) < 4.78 is 5.09. The first-order valence-electron chi connectivity index (χ1n) is 5.85. The van der Waals surface area contributed by atoms with Gasteiger partial charge in [0.25, 0.3) is 0 Å². The Bertz CT molecular complexity index is 368. The molecule has 1 rings (SSSR count). The Morgan fingerprint density at radius 3 is 2.53 bits per heavy atom. The second-order valence-electron chi connectivity index (χ2n) is 4.05. The van der Waals surface area contributed by atoms with E-state index in [2.05, 4.69) is 0 Å². The standard InChI is InChI=1S/C14H18O3/c1-3-14(16)17-10-11(2)13-6-4-12(5-7-13)8-9-15/h4-7,9,11H,3,8,10H2,1-2H3. The van der Waals surface area contributed by atoms with Gasteiger partial charge in [0.05, 0.1) is 6.61 Å². The van der Waals surface area contributed by atoms with Crippen LogP contribution < -0.4 is 0 Å². The van der Waals surface area contributed by atoms with E-state index in [1.165, 1.54) is 0 Å². The molecule has 0 N–H and O–H groups in total. The maximum Gasteiger partial charge on any atom is 0.305 e. The number of rotatable bonds is 6. The third kappa shape index (κ3) is 4.39. The molecule has 1 aromatic carbocycles. The van der Waals surface area contributed by atoms with Crippen molar-refractivity contribution in [2.75, 3.05) is 6.61 Å². The zero-order valence-electron chi connectivity index (χ0n) is 10.3. The number of esters is 1. The van der Waals surface area contributed by atoms with Crippen molar-refractivity contribution in [2.45, 2.75) is 32.6 Å². The first kappa shape index (κ1) is 13.4. The Morgan fingerprint density at radius 1 is 1.35 bits per heavy atom. The van der Waals surface area contributed by atoms with E-state index in [9.17, 15) is 9.59 Å². The highest BCUT2D eigenvalue weighted by molar-refractivity contribution is 5.68. The van der Waals surface area contributed by atoms with Crippen LogP contribution in [0.3, 0.4) is 0 Å². The van der Waals surface area contributed by atoms with Crippen LogP contribution >= 0.6 is 0 Å². The largest absolute Gasteiger partial charge is 0.465 e. The molecular formula is C14H18O3. The summed E-state index contributed by atoms with van der Waals surface area (Å²) in [5.74, 6) is 0.00482. The number of benzene rings is 1. The molecule has 1 unspecified atom stereocenters. The smallest absolute Gasteiger partial charge is 0.305 e. The molecule has 0 aliphatic heterocycles. The summed E-state index contributed by atoms with van der Waals surface area (Å²) in [4.78, 5) is 21.4. The highest BCUT2D eigenvalue weighted by Crippen LogP contribution is 2.16. The SMILES string of the molecule is CCC(=O)OCC(C)c1ccc(CC=O)cc1. The predicted molar refractivity (Wildman–Crippen MR) is 65.9 cm³/mol. The lowest BCUT2D eigenvalue weighted by Gasteiger charge is -2.12. The zero-order valence-corrected chi connectivity index (χ0v) is 10.3.